The number of hydrogen-bond donors (Lipinski definition) is 0. The van der Waals surface area contributed by atoms with Gasteiger partial charge in [0.25, 0.3) is 0 Å². The fourth-order valence-corrected chi connectivity index (χ4v) is 4.13. The number of rotatable bonds is 3. The van der Waals surface area contributed by atoms with Crippen molar-refractivity contribution >= 4 is 23.4 Å². The van der Waals surface area contributed by atoms with Crippen LogP contribution in [0.4, 0.5) is 18.0 Å². The highest BCUT2D eigenvalue weighted by Gasteiger charge is 2.30. The monoisotopic (exact) mass is 450 g/mol. The van der Waals surface area contributed by atoms with Crippen LogP contribution in [0.1, 0.15) is 43.9 Å². The lowest BCUT2D eigenvalue weighted by atomic mass is 9.98. The van der Waals surface area contributed by atoms with Crippen LogP contribution >= 0.6 is 11.8 Å². The zero-order valence-electron chi connectivity index (χ0n) is 17.9. The maximum Gasteiger partial charge on any atom is 0.417 e. The molecule has 0 N–H and O–H groups in total. The van der Waals surface area contributed by atoms with E-state index in [0.29, 0.717) is 24.5 Å². The third-order valence-corrected chi connectivity index (χ3v) is 5.63. The summed E-state index contributed by atoms with van der Waals surface area (Å²) in [4.78, 5) is 18.8. The SMILES string of the molecule is Cc1ccc(C2=CCN(C(=O)OC(C)(C)C)CC2)c(Sc2ccc(C(F)(F)F)cn2)c1. The van der Waals surface area contributed by atoms with E-state index in [4.69, 9.17) is 4.74 Å². The lowest BCUT2D eigenvalue weighted by Gasteiger charge is -2.30. The van der Waals surface area contributed by atoms with Gasteiger partial charge in [-0.2, -0.15) is 13.2 Å². The molecule has 1 aromatic heterocycles. The molecule has 0 unspecified atom stereocenters. The molecule has 31 heavy (non-hydrogen) atoms. The van der Waals surface area contributed by atoms with Crippen LogP contribution in [-0.2, 0) is 10.9 Å². The van der Waals surface area contributed by atoms with Gasteiger partial charge < -0.3 is 9.64 Å². The number of nitrogens with zero attached hydrogens (tertiary/aromatic N) is 2. The highest BCUT2D eigenvalue weighted by Crippen LogP contribution is 2.37. The number of pyridine rings is 1. The molecule has 0 aliphatic carbocycles. The van der Waals surface area contributed by atoms with Crippen molar-refractivity contribution in [3.63, 3.8) is 0 Å². The number of benzene rings is 1. The minimum absolute atomic E-state index is 0.338. The Kier molecular flexibility index (Phi) is 6.69. The number of amides is 1. The summed E-state index contributed by atoms with van der Waals surface area (Å²) in [6.45, 7) is 8.45. The van der Waals surface area contributed by atoms with E-state index >= 15 is 0 Å². The number of halogens is 3. The van der Waals surface area contributed by atoms with E-state index in [1.807, 2.05) is 52.0 Å². The zero-order chi connectivity index (χ0) is 22.8. The number of aryl methyl sites for hydroxylation is 1. The molecule has 0 spiro atoms. The van der Waals surface area contributed by atoms with Crippen LogP contribution in [-0.4, -0.2) is 34.7 Å². The molecule has 0 fully saturated rings. The first kappa shape index (κ1) is 23.2. The van der Waals surface area contributed by atoms with Crippen LogP contribution in [0.25, 0.3) is 5.57 Å². The standard InChI is InChI=1S/C23H25F3N2O2S/c1-15-5-7-18(16-9-11-28(12-10-16)21(29)30-22(2,3)4)19(13-15)31-20-8-6-17(14-27-20)23(24,25)26/h5-9,13-14H,10-12H2,1-4H3. The van der Waals surface area contributed by atoms with Gasteiger partial charge in [-0.1, -0.05) is 30.0 Å². The number of hydrogen-bond acceptors (Lipinski definition) is 4. The number of carbonyl (C=O) groups is 1. The average molecular weight is 451 g/mol. The van der Waals surface area contributed by atoms with Gasteiger partial charge in [-0.3, -0.25) is 0 Å². The van der Waals surface area contributed by atoms with Gasteiger partial charge >= 0.3 is 12.3 Å². The number of ether oxygens (including phenoxy) is 1. The van der Waals surface area contributed by atoms with Gasteiger partial charge in [-0.25, -0.2) is 9.78 Å². The van der Waals surface area contributed by atoms with Crippen molar-refractivity contribution in [3.05, 3.63) is 59.3 Å². The highest BCUT2D eigenvalue weighted by atomic mass is 32.2. The van der Waals surface area contributed by atoms with E-state index in [1.165, 1.54) is 17.8 Å². The Balaban J connectivity index is 1.78. The molecule has 8 heteroatoms. The first-order valence-electron chi connectivity index (χ1n) is 9.91. The van der Waals surface area contributed by atoms with E-state index in [-0.39, 0.29) is 6.09 Å². The Hall–Kier alpha value is -2.48. The molecular weight excluding hydrogens is 425 g/mol. The Morgan fingerprint density at radius 1 is 1.16 bits per heavy atom. The molecular formula is C23H25F3N2O2S. The van der Waals surface area contributed by atoms with Crippen molar-refractivity contribution in [2.24, 2.45) is 0 Å². The highest BCUT2D eigenvalue weighted by molar-refractivity contribution is 7.99. The number of carbonyl (C=O) groups excluding carboxylic acids is 1. The van der Waals surface area contributed by atoms with Gasteiger partial charge in [0, 0.05) is 24.2 Å². The van der Waals surface area contributed by atoms with Crippen LogP contribution in [0.3, 0.4) is 0 Å². The minimum atomic E-state index is -4.41. The molecule has 1 aliphatic heterocycles. The first-order valence-corrected chi connectivity index (χ1v) is 10.7. The maximum atomic E-state index is 12.8. The van der Waals surface area contributed by atoms with E-state index in [2.05, 4.69) is 4.98 Å². The molecule has 0 bridgehead atoms. The summed E-state index contributed by atoms with van der Waals surface area (Å²) in [5.74, 6) is 0. The van der Waals surface area contributed by atoms with Crippen molar-refractivity contribution in [1.29, 1.82) is 0 Å². The molecule has 2 aromatic rings. The van der Waals surface area contributed by atoms with E-state index in [0.717, 1.165) is 33.9 Å². The molecule has 166 valence electrons. The number of alkyl halides is 3. The quantitative estimate of drug-likeness (QED) is 0.529. The summed E-state index contributed by atoms with van der Waals surface area (Å²) in [5, 5.41) is 0.492. The summed E-state index contributed by atoms with van der Waals surface area (Å²) >= 11 is 1.33. The van der Waals surface area contributed by atoms with Crippen LogP contribution in [0.15, 0.2) is 52.5 Å². The lowest BCUT2D eigenvalue weighted by Crippen LogP contribution is -2.39. The molecule has 0 atom stereocenters. The molecule has 2 heterocycles. The first-order chi connectivity index (χ1) is 14.4. The Morgan fingerprint density at radius 2 is 1.90 bits per heavy atom. The van der Waals surface area contributed by atoms with Crippen LogP contribution in [0, 0.1) is 6.92 Å². The molecule has 0 radical (unpaired) electrons. The number of aromatic nitrogens is 1. The summed E-state index contributed by atoms with van der Waals surface area (Å²) in [6, 6.07) is 8.44. The zero-order valence-corrected chi connectivity index (χ0v) is 18.7. The topological polar surface area (TPSA) is 42.4 Å². The van der Waals surface area contributed by atoms with Crippen molar-refractivity contribution in [1.82, 2.24) is 9.88 Å². The molecule has 1 aliphatic rings. The third-order valence-electron chi connectivity index (χ3n) is 4.62. The summed E-state index contributed by atoms with van der Waals surface area (Å²) in [5.41, 5.74) is 1.83. The fourth-order valence-electron chi connectivity index (χ4n) is 3.11. The second kappa shape index (κ2) is 8.94. The van der Waals surface area contributed by atoms with Crippen molar-refractivity contribution in [2.45, 2.75) is 55.8 Å². The summed E-state index contributed by atoms with van der Waals surface area (Å²) in [6.07, 6.45) is -1.22. The Morgan fingerprint density at radius 3 is 2.45 bits per heavy atom. The van der Waals surface area contributed by atoms with Crippen LogP contribution in [0.5, 0.6) is 0 Å². The molecule has 4 nitrogen and oxygen atoms in total. The Bertz CT molecular complexity index is 980. The third kappa shape index (κ3) is 6.26. The largest absolute Gasteiger partial charge is 0.444 e. The maximum absolute atomic E-state index is 12.8. The lowest BCUT2D eigenvalue weighted by molar-refractivity contribution is -0.137. The molecule has 0 saturated carbocycles. The van der Waals surface area contributed by atoms with Crippen molar-refractivity contribution < 1.29 is 22.7 Å². The second-order valence-electron chi connectivity index (χ2n) is 8.39. The normalized spacial score (nSPS) is 14.9. The predicted octanol–water partition coefficient (Wildman–Crippen LogP) is 6.58. The molecule has 1 aromatic carbocycles. The molecule has 1 amide bonds. The summed E-state index contributed by atoms with van der Waals surface area (Å²) in [7, 11) is 0. The Labute approximate surface area is 184 Å². The second-order valence-corrected chi connectivity index (χ2v) is 9.45. The van der Waals surface area contributed by atoms with Crippen molar-refractivity contribution in [2.75, 3.05) is 13.1 Å². The van der Waals surface area contributed by atoms with Crippen molar-refractivity contribution in [3.8, 4) is 0 Å². The van der Waals surface area contributed by atoms with E-state index in [1.54, 1.807) is 4.90 Å². The van der Waals surface area contributed by atoms with Crippen LogP contribution < -0.4 is 0 Å². The molecule has 0 saturated heterocycles. The minimum Gasteiger partial charge on any atom is -0.444 e. The smallest absolute Gasteiger partial charge is 0.417 e. The summed E-state index contributed by atoms with van der Waals surface area (Å²) < 4.78 is 43.8. The van der Waals surface area contributed by atoms with Crippen LogP contribution in [0.2, 0.25) is 0 Å². The van der Waals surface area contributed by atoms with Gasteiger partial charge in [0.05, 0.1) is 5.56 Å². The van der Waals surface area contributed by atoms with Gasteiger partial charge in [0.15, 0.2) is 0 Å². The van der Waals surface area contributed by atoms with Gasteiger partial charge in [-0.15, -0.1) is 0 Å². The van der Waals surface area contributed by atoms with E-state index in [9.17, 15) is 18.0 Å². The van der Waals surface area contributed by atoms with Gasteiger partial charge in [-0.05, 0) is 69.0 Å². The fraction of sp³-hybridized carbons (Fsp3) is 0.391. The van der Waals surface area contributed by atoms with E-state index < -0.39 is 17.3 Å². The predicted molar refractivity (Wildman–Crippen MR) is 115 cm³/mol. The van der Waals surface area contributed by atoms with Gasteiger partial charge in [0.2, 0.25) is 0 Å². The average Bonchev–Trinajstić information content (AvgIpc) is 2.67. The molecule has 3 rings (SSSR count). The van der Waals surface area contributed by atoms with Gasteiger partial charge in [0.1, 0.15) is 10.6 Å².